The summed E-state index contributed by atoms with van der Waals surface area (Å²) in [7, 11) is 1.64. The first kappa shape index (κ1) is 12.5. The number of thioether (sulfide) groups is 1. The Labute approximate surface area is 94.5 Å². The number of nitrogens with two attached hydrogens (primary N) is 1. The number of hydrogen-bond acceptors (Lipinski definition) is 5. The fourth-order valence-corrected chi connectivity index (χ4v) is 2.07. The van der Waals surface area contributed by atoms with Crippen LogP contribution in [0.4, 0.5) is 0 Å². The lowest BCUT2D eigenvalue weighted by Gasteiger charge is -2.06. The third kappa shape index (κ3) is 4.68. The molecule has 0 aliphatic rings. The van der Waals surface area contributed by atoms with Crippen molar-refractivity contribution in [3.8, 4) is 0 Å². The highest BCUT2D eigenvalue weighted by molar-refractivity contribution is 7.99. The van der Waals surface area contributed by atoms with Gasteiger partial charge in [-0.05, 0) is 13.0 Å². The van der Waals surface area contributed by atoms with E-state index in [0.717, 1.165) is 30.2 Å². The van der Waals surface area contributed by atoms with Gasteiger partial charge in [0, 0.05) is 24.2 Å². The van der Waals surface area contributed by atoms with Gasteiger partial charge in [-0.1, -0.05) is 12.1 Å². The molecule has 1 rings (SSSR count). The molecule has 5 heteroatoms. The molecule has 0 radical (unpaired) electrons. The average Bonchev–Trinajstić information content (AvgIpc) is 2.64. The Morgan fingerprint density at radius 2 is 2.47 bits per heavy atom. The molecule has 0 saturated carbocycles. The average molecular weight is 230 g/mol. The van der Waals surface area contributed by atoms with E-state index in [0.29, 0.717) is 11.9 Å². The zero-order valence-electron chi connectivity index (χ0n) is 9.23. The molecule has 0 aliphatic carbocycles. The molecule has 1 aromatic heterocycles. The lowest BCUT2D eigenvalue weighted by Crippen LogP contribution is -2.07. The Hall–Kier alpha value is -0.520. The second-order valence-corrected chi connectivity index (χ2v) is 4.84. The predicted octanol–water partition coefficient (Wildman–Crippen LogP) is 1.79. The van der Waals surface area contributed by atoms with Gasteiger partial charge in [0.1, 0.15) is 6.61 Å². The maximum atomic E-state index is 5.48. The van der Waals surface area contributed by atoms with Crippen LogP contribution in [0.3, 0.4) is 0 Å². The quantitative estimate of drug-likeness (QED) is 0.773. The van der Waals surface area contributed by atoms with Crippen molar-refractivity contribution in [3.63, 3.8) is 0 Å². The van der Waals surface area contributed by atoms with E-state index in [2.05, 4.69) is 12.1 Å². The van der Waals surface area contributed by atoms with Gasteiger partial charge in [0.2, 0.25) is 0 Å². The molecule has 1 atom stereocenters. The van der Waals surface area contributed by atoms with E-state index in [1.54, 1.807) is 7.11 Å². The molecule has 0 fully saturated rings. The molecule has 1 aromatic rings. The zero-order valence-corrected chi connectivity index (χ0v) is 10.0. The van der Waals surface area contributed by atoms with Crippen molar-refractivity contribution < 1.29 is 9.26 Å². The zero-order chi connectivity index (χ0) is 11.1. The van der Waals surface area contributed by atoms with E-state index in [4.69, 9.17) is 15.0 Å². The Morgan fingerprint density at radius 3 is 3.13 bits per heavy atom. The van der Waals surface area contributed by atoms with Crippen molar-refractivity contribution in [1.82, 2.24) is 5.16 Å². The van der Waals surface area contributed by atoms with Gasteiger partial charge in [0.05, 0.1) is 5.69 Å². The minimum atomic E-state index is 0.482. The molecule has 15 heavy (non-hydrogen) atoms. The topological polar surface area (TPSA) is 61.3 Å². The van der Waals surface area contributed by atoms with Crippen molar-refractivity contribution in [2.75, 3.05) is 13.7 Å². The summed E-state index contributed by atoms with van der Waals surface area (Å²) < 4.78 is 10.0. The number of hydrogen-bond donors (Lipinski definition) is 1. The van der Waals surface area contributed by atoms with Crippen LogP contribution in [0.1, 0.15) is 24.8 Å². The SMILES string of the molecule is COCc1cc(CSC(C)CCN)no1. The van der Waals surface area contributed by atoms with Gasteiger partial charge in [-0.2, -0.15) is 11.8 Å². The van der Waals surface area contributed by atoms with Crippen molar-refractivity contribution in [2.45, 2.75) is 31.0 Å². The van der Waals surface area contributed by atoms with Gasteiger partial charge < -0.3 is 15.0 Å². The van der Waals surface area contributed by atoms with Crippen molar-refractivity contribution in [1.29, 1.82) is 0 Å². The van der Waals surface area contributed by atoms with E-state index in [-0.39, 0.29) is 0 Å². The van der Waals surface area contributed by atoms with Crippen LogP contribution in [-0.2, 0) is 17.1 Å². The summed E-state index contributed by atoms with van der Waals surface area (Å²) >= 11 is 1.84. The summed E-state index contributed by atoms with van der Waals surface area (Å²) in [6, 6.07) is 1.94. The predicted molar refractivity (Wildman–Crippen MR) is 61.6 cm³/mol. The smallest absolute Gasteiger partial charge is 0.162 e. The first-order valence-corrected chi connectivity index (χ1v) is 6.06. The summed E-state index contributed by atoms with van der Waals surface area (Å²) in [6.45, 7) is 3.39. The number of nitrogens with zero attached hydrogens (tertiary/aromatic N) is 1. The molecule has 4 nitrogen and oxygen atoms in total. The van der Waals surface area contributed by atoms with E-state index in [1.165, 1.54) is 0 Å². The summed E-state index contributed by atoms with van der Waals surface area (Å²) in [5, 5.41) is 4.53. The molecule has 2 N–H and O–H groups in total. The Bertz CT molecular complexity index is 278. The number of aromatic nitrogens is 1. The monoisotopic (exact) mass is 230 g/mol. The summed E-state index contributed by atoms with van der Waals surface area (Å²) in [5.41, 5.74) is 6.45. The highest BCUT2D eigenvalue weighted by Gasteiger charge is 2.06. The molecule has 0 aliphatic heterocycles. The second-order valence-electron chi connectivity index (χ2n) is 3.42. The van der Waals surface area contributed by atoms with Gasteiger partial charge in [-0.3, -0.25) is 0 Å². The van der Waals surface area contributed by atoms with E-state index in [9.17, 15) is 0 Å². The Balaban J connectivity index is 2.30. The van der Waals surface area contributed by atoms with Gasteiger partial charge >= 0.3 is 0 Å². The van der Waals surface area contributed by atoms with Crippen LogP contribution in [-0.4, -0.2) is 24.1 Å². The number of methoxy groups -OCH3 is 1. The van der Waals surface area contributed by atoms with Gasteiger partial charge in [0.25, 0.3) is 0 Å². The molecule has 1 unspecified atom stereocenters. The van der Waals surface area contributed by atoms with E-state index < -0.39 is 0 Å². The first-order valence-electron chi connectivity index (χ1n) is 5.01. The first-order chi connectivity index (χ1) is 7.26. The fourth-order valence-electron chi connectivity index (χ4n) is 1.18. The van der Waals surface area contributed by atoms with Crippen LogP contribution < -0.4 is 5.73 Å². The fraction of sp³-hybridized carbons (Fsp3) is 0.700. The maximum Gasteiger partial charge on any atom is 0.162 e. The van der Waals surface area contributed by atoms with Gasteiger partial charge in [-0.15, -0.1) is 0 Å². The van der Waals surface area contributed by atoms with Crippen LogP contribution in [0.2, 0.25) is 0 Å². The number of ether oxygens (including phenoxy) is 1. The largest absolute Gasteiger partial charge is 0.377 e. The van der Waals surface area contributed by atoms with Crippen LogP contribution in [0.15, 0.2) is 10.6 Å². The maximum absolute atomic E-state index is 5.48. The molecule has 0 amide bonds. The van der Waals surface area contributed by atoms with Gasteiger partial charge in [-0.25, -0.2) is 0 Å². The second kappa shape index (κ2) is 6.87. The molecule has 0 saturated heterocycles. The highest BCUT2D eigenvalue weighted by atomic mass is 32.2. The van der Waals surface area contributed by atoms with E-state index in [1.807, 2.05) is 17.8 Å². The Kier molecular flexibility index (Phi) is 5.75. The molecule has 0 aromatic carbocycles. The standard InChI is InChI=1S/C10H18N2O2S/c1-8(3-4-11)15-7-9-5-10(6-13-2)14-12-9/h5,8H,3-4,6-7,11H2,1-2H3. The third-order valence-electron chi connectivity index (χ3n) is 1.98. The summed E-state index contributed by atoms with van der Waals surface area (Å²) in [4.78, 5) is 0. The lowest BCUT2D eigenvalue weighted by atomic mass is 10.3. The molecular weight excluding hydrogens is 212 g/mol. The normalized spacial score (nSPS) is 13.0. The van der Waals surface area contributed by atoms with Crippen LogP contribution >= 0.6 is 11.8 Å². The van der Waals surface area contributed by atoms with Crippen molar-refractivity contribution in [3.05, 3.63) is 17.5 Å². The molecule has 86 valence electrons. The van der Waals surface area contributed by atoms with Crippen LogP contribution in [0.5, 0.6) is 0 Å². The molecule has 0 bridgehead atoms. The van der Waals surface area contributed by atoms with Crippen molar-refractivity contribution in [2.24, 2.45) is 5.73 Å². The highest BCUT2D eigenvalue weighted by Crippen LogP contribution is 2.19. The summed E-state index contributed by atoms with van der Waals surface area (Å²) in [5.74, 6) is 1.65. The molecule has 0 spiro atoms. The minimum Gasteiger partial charge on any atom is -0.377 e. The van der Waals surface area contributed by atoms with Crippen LogP contribution in [0, 0.1) is 0 Å². The number of rotatable bonds is 7. The molecule has 1 heterocycles. The van der Waals surface area contributed by atoms with Crippen molar-refractivity contribution >= 4 is 11.8 Å². The van der Waals surface area contributed by atoms with Crippen LogP contribution in [0.25, 0.3) is 0 Å². The molecular formula is C10H18N2O2S. The third-order valence-corrected chi connectivity index (χ3v) is 3.25. The lowest BCUT2D eigenvalue weighted by molar-refractivity contribution is 0.156. The van der Waals surface area contributed by atoms with E-state index >= 15 is 0 Å². The minimum absolute atomic E-state index is 0.482. The Morgan fingerprint density at radius 1 is 1.67 bits per heavy atom. The summed E-state index contributed by atoms with van der Waals surface area (Å²) in [6.07, 6.45) is 1.04. The van der Waals surface area contributed by atoms with Gasteiger partial charge in [0.15, 0.2) is 5.76 Å².